The molecule has 3 aromatic heterocycles. The first-order valence-corrected chi connectivity index (χ1v) is 10.8. The van der Waals surface area contributed by atoms with E-state index in [1.165, 1.54) is 28.6 Å². The maximum Gasteiger partial charge on any atom is 0.237 e. The highest BCUT2D eigenvalue weighted by atomic mass is 32.2. The van der Waals surface area contributed by atoms with Gasteiger partial charge in [0.25, 0.3) is 0 Å². The lowest BCUT2D eigenvalue weighted by Crippen LogP contribution is -2.23. The molecule has 0 bridgehead atoms. The number of thioether (sulfide) groups is 1. The average molecular weight is 402 g/mol. The van der Waals surface area contributed by atoms with E-state index in [4.69, 9.17) is 0 Å². The second-order valence-corrected chi connectivity index (χ2v) is 9.45. The quantitative estimate of drug-likeness (QED) is 0.529. The van der Waals surface area contributed by atoms with Gasteiger partial charge in [0.05, 0.1) is 22.3 Å². The number of aryl methyl sites for hydroxylation is 5. The first-order chi connectivity index (χ1) is 12.8. The highest BCUT2D eigenvalue weighted by Gasteiger charge is 2.25. The van der Waals surface area contributed by atoms with Crippen molar-refractivity contribution in [3.63, 3.8) is 0 Å². The van der Waals surface area contributed by atoms with Gasteiger partial charge in [0.2, 0.25) is 5.91 Å². The molecule has 142 valence electrons. The van der Waals surface area contributed by atoms with Crippen molar-refractivity contribution in [3.8, 4) is 0 Å². The molecule has 0 spiro atoms. The topological polar surface area (TPSA) is 72.7 Å². The summed E-state index contributed by atoms with van der Waals surface area (Å²) in [6, 6.07) is 0. The summed E-state index contributed by atoms with van der Waals surface area (Å²) in [5.41, 5.74) is 3.98. The van der Waals surface area contributed by atoms with Gasteiger partial charge in [-0.1, -0.05) is 11.8 Å². The molecule has 1 aliphatic rings. The van der Waals surface area contributed by atoms with Crippen molar-refractivity contribution in [1.29, 1.82) is 0 Å². The summed E-state index contributed by atoms with van der Waals surface area (Å²) in [7, 11) is 1.88. The largest absolute Gasteiger partial charge is 0.322 e. The monoisotopic (exact) mass is 401 g/mol. The van der Waals surface area contributed by atoms with Gasteiger partial charge in [0.15, 0.2) is 0 Å². The van der Waals surface area contributed by atoms with Crippen LogP contribution in [0.3, 0.4) is 0 Å². The maximum atomic E-state index is 12.8. The van der Waals surface area contributed by atoms with E-state index in [9.17, 15) is 4.79 Å². The van der Waals surface area contributed by atoms with Gasteiger partial charge in [-0.2, -0.15) is 5.10 Å². The van der Waals surface area contributed by atoms with Crippen molar-refractivity contribution < 1.29 is 4.79 Å². The normalized spacial score (nSPS) is 14.6. The number of carbonyl (C=O) groups excluding carboxylic acids is 1. The van der Waals surface area contributed by atoms with E-state index in [1.807, 2.05) is 34.7 Å². The van der Waals surface area contributed by atoms with Gasteiger partial charge in [-0.25, -0.2) is 9.97 Å². The standard InChI is InChI=1S/C19H23N5OS2/c1-9-16(10(2)24(5)23-9)22-17(25)11(3)26-18-15-13-7-6-8-14(13)27-19(15)21-12(4)20-18/h11H,6-8H2,1-5H3,(H,22,25)/t11-/m0/s1. The van der Waals surface area contributed by atoms with Crippen molar-refractivity contribution in [3.05, 3.63) is 27.7 Å². The summed E-state index contributed by atoms with van der Waals surface area (Å²) in [5.74, 6) is 0.729. The molecule has 0 saturated carbocycles. The molecular weight excluding hydrogens is 378 g/mol. The molecule has 1 atom stereocenters. The molecule has 0 unspecified atom stereocenters. The van der Waals surface area contributed by atoms with Crippen molar-refractivity contribution in [2.75, 3.05) is 5.32 Å². The Morgan fingerprint density at radius 2 is 2.04 bits per heavy atom. The fraction of sp³-hybridized carbons (Fsp3) is 0.474. The zero-order valence-corrected chi connectivity index (χ0v) is 17.8. The Morgan fingerprint density at radius 1 is 1.26 bits per heavy atom. The molecule has 0 aliphatic heterocycles. The highest BCUT2D eigenvalue weighted by molar-refractivity contribution is 8.00. The first-order valence-electron chi connectivity index (χ1n) is 9.11. The van der Waals surface area contributed by atoms with Gasteiger partial charge in [0.1, 0.15) is 15.7 Å². The van der Waals surface area contributed by atoms with Gasteiger partial charge in [-0.15, -0.1) is 11.3 Å². The maximum absolute atomic E-state index is 12.8. The molecule has 0 fully saturated rings. The van der Waals surface area contributed by atoms with Crippen LogP contribution in [0.2, 0.25) is 0 Å². The van der Waals surface area contributed by atoms with Crippen LogP contribution in [-0.2, 0) is 24.7 Å². The summed E-state index contributed by atoms with van der Waals surface area (Å²) in [4.78, 5) is 24.6. The summed E-state index contributed by atoms with van der Waals surface area (Å²) < 4.78 is 1.79. The van der Waals surface area contributed by atoms with Crippen LogP contribution < -0.4 is 5.32 Å². The number of amides is 1. The number of carbonyl (C=O) groups is 1. The van der Waals surface area contributed by atoms with E-state index in [0.717, 1.165) is 51.0 Å². The van der Waals surface area contributed by atoms with Crippen molar-refractivity contribution in [1.82, 2.24) is 19.7 Å². The molecular formula is C19H23N5OS2. The Labute approximate surface area is 166 Å². The third-order valence-corrected chi connectivity index (χ3v) is 7.33. The number of nitrogens with one attached hydrogen (secondary N) is 1. The summed E-state index contributed by atoms with van der Waals surface area (Å²) in [6.07, 6.45) is 3.42. The van der Waals surface area contributed by atoms with E-state index in [2.05, 4.69) is 20.4 Å². The Bertz CT molecular complexity index is 1050. The fourth-order valence-corrected chi connectivity index (χ4v) is 5.94. The number of thiophene rings is 1. The zero-order chi connectivity index (χ0) is 19.3. The minimum absolute atomic E-state index is 0.0320. The van der Waals surface area contributed by atoms with E-state index < -0.39 is 0 Å². The third kappa shape index (κ3) is 3.25. The van der Waals surface area contributed by atoms with Gasteiger partial charge in [-0.3, -0.25) is 9.48 Å². The molecule has 4 rings (SSSR count). The van der Waals surface area contributed by atoms with E-state index in [0.29, 0.717) is 0 Å². The molecule has 1 amide bonds. The van der Waals surface area contributed by atoms with Gasteiger partial charge >= 0.3 is 0 Å². The Morgan fingerprint density at radius 3 is 2.74 bits per heavy atom. The Hall–Kier alpha value is -1.93. The second-order valence-electron chi connectivity index (χ2n) is 7.03. The second kappa shape index (κ2) is 6.91. The predicted octanol–water partition coefficient (Wildman–Crippen LogP) is 3.96. The number of hydrogen-bond acceptors (Lipinski definition) is 6. The summed E-state index contributed by atoms with van der Waals surface area (Å²) in [5, 5.41) is 9.24. The van der Waals surface area contributed by atoms with E-state index in [-0.39, 0.29) is 11.2 Å². The molecule has 27 heavy (non-hydrogen) atoms. The van der Waals surface area contributed by atoms with Crippen LogP contribution in [0.25, 0.3) is 10.2 Å². The van der Waals surface area contributed by atoms with Crippen LogP contribution >= 0.6 is 23.1 Å². The smallest absolute Gasteiger partial charge is 0.237 e. The van der Waals surface area contributed by atoms with Crippen molar-refractivity contribution in [2.45, 2.75) is 57.2 Å². The van der Waals surface area contributed by atoms with Crippen LogP contribution in [0.5, 0.6) is 0 Å². The Balaban J connectivity index is 1.61. The van der Waals surface area contributed by atoms with E-state index in [1.54, 1.807) is 16.0 Å². The number of hydrogen-bond donors (Lipinski definition) is 1. The lowest BCUT2D eigenvalue weighted by Gasteiger charge is -2.13. The molecule has 0 saturated heterocycles. The number of fused-ring (bicyclic) bond motifs is 3. The molecule has 0 aromatic carbocycles. The first kappa shape index (κ1) is 18.4. The molecule has 8 heteroatoms. The van der Waals surface area contributed by atoms with Crippen LogP contribution in [0.1, 0.15) is 41.0 Å². The van der Waals surface area contributed by atoms with Crippen LogP contribution in [0, 0.1) is 20.8 Å². The molecule has 3 heterocycles. The minimum atomic E-state index is -0.265. The van der Waals surface area contributed by atoms with Crippen molar-refractivity contribution >= 4 is 44.9 Å². The fourth-order valence-electron chi connectivity index (χ4n) is 3.55. The predicted molar refractivity (Wildman–Crippen MR) is 111 cm³/mol. The van der Waals surface area contributed by atoms with Gasteiger partial charge < -0.3 is 5.32 Å². The number of nitrogens with zero attached hydrogens (tertiary/aromatic N) is 4. The van der Waals surface area contributed by atoms with Gasteiger partial charge in [-0.05, 0) is 52.5 Å². The minimum Gasteiger partial charge on any atom is -0.322 e. The van der Waals surface area contributed by atoms with Crippen molar-refractivity contribution in [2.24, 2.45) is 7.05 Å². The number of anilines is 1. The number of rotatable bonds is 4. The van der Waals surface area contributed by atoms with Gasteiger partial charge in [0, 0.05) is 17.3 Å². The van der Waals surface area contributed by atoms with Crippen LogP contribution in [0.4, 0.5) is 5.69 Å². The SMILES string of the molecule is Cc1nc(S[C@@H](C)C(=O)Nc2c(C)nn(C)c2C)c2c3c(sc2n1)CCC3. The van der Waals surface area contributed by atoms with Crippen LogP contribution in [-0.4, -0.2) is 30.9 Å². The lowest BCUT2D eigenvalue weighted by atomic mass is 10.2. The zero-order valence-electron chi connectivity index (χ0n) is 16.2. The average Bonchev–Trinajstić information content (AvgIpc) is 3.24. The third-order valence-electron chi connectivity index (χ3n) is 5.06. The molecule has 1 N–H and O–H groups in total. The molecule has 6 nitrogen and oxygen atoms in total. The van der Waals surface area contributed by atoms with E-state index >= 15 is 0 Å². The van der Waals surface area contributed by atoms with Crippen LogP contribution in [0.15, 0.2) is 5.03 Å². The molecule has 0 radical (unpaired) electrons. The number of aromatic nitrogens is 4. The highest BCUT2D eigenvalue weighted by Crippen LogP contribution is 2.41. The molecule has 1 aliphatic carbocycles. The molecule has 3 aromatic rings. The summed E-state index contributed by atoms with van der Waals surface area (Å²) in [6.45, 7) is 7.71. The summed E-state index contributed by atoms with van der Waals surface area (Å²) >= 11 is 3.30. The Kier molecular flexibility index (Phi) is 4.71. The lowest BCUT2D eigenvalue weighted by molar-refractivity contribution is -0.115.